The second-order valence-corrected chi connectivity index (χ2v) is 4.12. The Kier molecular flexibility index (Phi) is 6.96. The smallest absolute Gasteiger partial charge is 0.300 e. The summed E-state index contributed by atoms with van der Waals surface area (Å²) in [5.41, 5.74) is 0. The molecule has 1 N–H and O–H groups in total. The first-order valence-corrected chi connectivity index (χ1v) is 5.27. The molecule has 0 aromatic carbocycles. The van der Waals surface area contributed by atoms with Gasteiger partial charge in [0.2, 0.25) is 0 Å². The molecule has 0 amide bonds. The highest BCUT2D eigenvalue weighted by Gasteiger charge is 2.20. The van der Waals surface area contributed by atoms with Crippen LogP contribution in [0.2, 0.25) is 0 Å². The average Bonchev–Trinajstić information content (AvgIpc) is 2.64. The molecule has 1 aliphatic heterocycles. The number of carboxylic acids is 1. The number of hydrogen-bond acceptors (Lipinski definition) is 3. The van der Waals surface area contributed by atoms with Gasteiger partial charge in [-0.3, -0.25) is 4.79 Å². The Hall–Kier alpha value is 0.170. The van der Waals surface area contributed by atoms with Crippen LogP contribution in [0.4, 0.5) is 0 Å². The average molecular weight is 194 g/mol. The monoisotopic (exact) mass is 194 g/mol. The highest BCUT2D eigenvalue weighted by atomic mass is 32.2. The van der Waals surface area contributed by atoms with Crippen LogP contribution in [0.15, 0.2) is 0 Å². The molecule has 66 valence electrons. The van der Waals surface area contributed by atoms with E-state index in [1.807, 2.05) is 0 Å². The summed E-state index contributed by atoms with van der Waals surface area (Å²) in [4.78, 5) is 9.00. The highest BCUT2D eigenvalue weighted by molar-refractivity contribution is 8.06. The standard InChI is InChI=1S/C5H10S2.C2H4O2/c6-3-1-2-5-4-7-5;1-2(3)4/h5-6H,1-4H2;1H3,(H,3,4). The topological polar surface area (TPSA) is 37.3 Å². The van der Waals surface area contributed by atoms with Crippen LogP contribution < -0.4 is 0 Å². The second-order valence-electron chi connectivity index (χ2n) is 2.34. The van der Waals surface area contributed by atoms with Crippen molar-refractivity contribution < 1.29 is 9.90 Å². The van der Waals surface area contributed by atoms with Crippen molar-refractivity contribution in [2.45, 2.75) is 25.0 Å². The van der Waals surface area contributed by atoms with Crippen molar-refractivity contribution in [1.82, 2.24) is 0 Å². The number of thiol groups is 1. The van der Waals surface area contributed by atoms with Crippen LogP contribution in [-0.4, -0.2) is 27.8 Å². The van der Waals surface area contributed by atoms with Crippen molar-refractivity contribution in [3.05, 3.63) is 0 Å². The molecule has 1 fully saturated rings. The van der Waals surface area contributed by atoms with Crippen LogP contribution in [0.3, 0.4) is 0 Å². The van der Waals surface area contributed by atoms with E-state index in [1.165, 1.54) is 18.6 Å². The molecule has 2 nitrogen and oxygen atoms in total. The predicted molar refractivity (Wildman–Crippen MR) is 52.6 cm³/mol. The Morgan fingerprint density at radius 3 is 2.55 bits per heavy atom. The van der Waals surface area contributed by atoms with E-state index in [4.69, 9.17) is 9.90 Å². The van der Waals surface area contributed by atoms with Crippen molar-refractivity contribution in [1.29, 1.82) is 0 Å². The number of thioether (sulfide) groups is 1. The fraction of sp³-hybridized carbons (Fsp3) is 0.857. The molecule has 4 heteroatoms. The summed E-state index contributed by atoms with van der Waals surface area (Å²) in [6.45, 7) is 1.08. The van der Waals surface area contributed by atoms with Gasteiger partial charge in [0, 0.05) is 17.9 Å². The SMILES string of the molecule is CC(=O)O.SCCCC1CS1. The third-order valence-corrected chi connectivity index (χ3v) is 2.44. The lowest BCUT2D eigenvalue weighted by Crippen LogP contribution is -1.82. The molecule has 1 unspecified atom stereocenters. The first-order valence-electron chi connectivity index (χ1n) is 3.58. The van der Waals surface area contributed by atoms with E-state index in [0.29, 0.717) is 0 Å². The summed E-state index contributed by atoms with van der Waals surface area (Å²) in [5.74, 6) is 1.64. The molecule has 11 heavy (non-hydrogen) atoms. The van der Waals surface area contributed by atoms with Crippen molar-refractivity contribution in [2.24, 2.45) is 0 Å². The third kappa shape index (κ3) is 13.2. The lowest BCUT2D eigenvalue weighted by molar-refractivity contribution is -0.134. The van der Waals surface area contributed by atoms with Gasteiger partial charge in [-0.25, -0.2) is 0 Å². The molecule has 1 atom stereocenters. The molecule has 0 aliphatic carbocycles. The summed E-state index contributed by atoms with van der Waals surface area (Å²) in [7, 11) is 0. The molecule has 0 radical (unpaired) electrons. The fourth-order valence-electron chi connectivity index (χ4n) is 0.554. The van der Waals surface area contributed by atoms with E-state index in [0.717, 1.165) is 17.9 Å². The number of aliphatic carboxylic acids is 1. The first-order chi connectivity index (χ1) is 5.16. The third-order valence-electron chi connectivity index (χ3n) is 1.09. The van der Waals surface area contributed by atoms with Gasteiger partial charge in [-0.2, -0.15) is 24.4 Å². The van der Waals surface area contributed by atoms with E-state index < -0.39 is 5.97 Å². The summed E-state index contributed by atoms with van der Waals surface area (Å²) in [5, 5.41) is 8.44. The molecular weight excluding hydrogens is 180 g/mol. The minimum absolute atomic E-state index is 0.833. The Morgan fingerprint density at radius 1 is 1.82 bits per heavy atom. The quantitative estimate of drug-likeness (QED) is 0.532. The Balaban J connectivity index is 0.000000218. The van der Waals surface area contributed by atoms with Crippen LogP contribution in [0.25, 0.3) is 0 Å². The largest absolute Gasteiger partial charge is 0.481 e. The molecule has 0 aromatic rings. The second kappa shape index (κ2) is 6.85. The molecule has 1 rings (SSSR count). The van der Waals surface area contributed by atoms with Crippen LogP contribution in [-0.2, 0) is 4.79 Å². The van der Waals surface area contributed by atoms with E-state index in [-0.39, 0.29) is 0 Å². The van der Waals surface area contributed by atoms with Crippen molar-refractivity contribution in [3.63, 3.8) is 0 Å². The zero-order valence-electron chi connectivity index (χ0n) is 6.62. The Labute approximate surface area is 77.2 Å². The molecule has 1 heterocycles. The van der Waals surface area contributed by atoms with Gasteiger partial charge in [-0.1, -0.05) is 0 Å². The van der Waals surface area contributed by atoms with Crippen LogP contribution in [0, 0.1) is 0 Å². The van der Waals surface area contributed by atoms with Gasteiger partial charge in [-0.15, -0.1) is 0 Å². The van der Waals surface area contributed by atoms with Gasteiger partial charge in [0.15, 0.2) is 0 Å². The van der Waals surface area contributed by atoms with Gasteiger partial charge in [-0.05, 0) is 18.6 Å². The van der Waals surface area contributed by atoms with Crippen LogP contribution in [0.1, 0.15) is 19.8 Å². The maximum Gasteiger partial charge on any atom is 0.300 e. The summed E-state index contributed by atoms with van der Waals surface area (Å²) in [6, 6.07) is 0. The number of rotatable bonds is 3. The molecule has 0 bridgehead atoms. The molecule has 1 aliphatic rings. The lowest BCUT2D eigenvalue weighted by atomic mass is 10.3. The van der Waals surface area contributed by atoms with E-state index in [9.17, 15) is 0 Å². The fourth-order valence-corrected chi connectivity index (χ4v) is 1.37. The molecular formula is C7H14O2S2. The molecule has 0 aromatic heterocycles. The van der Waals surface area contributed by atoms with Crippen molar-refractivity contribution in [2.75, 3.05) is 11.5 Å². The summed E-state index contributed by atoms with van der Waals surface area (Å²) in [6.07, 6.45) is 2.70. The van der Waals surface area contributed by atoms with E-state index >= 15 is 0 Å². The minimum atomic E-state index is -0.833. The highest BCUT2D eigenvalue weighted by Crippen LogP contribution is 2.33. The summed E-state index contributed by atoms with van der Waals surface area (Å²) >= 11 is 6.19. The lowest BCUT2D eigenvalue weighted by Gasteiger charge is -1.87. The van der Waals surface area contributed by atoms with Gasteiger partial charge in [0.1, 0.15) is 0 Å². The van der Waals surface area contributed by atoms with E-state index in [2.05, 4.69) is 24.4 Å². The molecule has 0 saturated carbocycles. The van der Waals surface area contributed by atoms with Crippen LogP contribution in [0.5, 0.6) is 0 Å². The van der Waals surface area contributed by atoms with E-state index in [1.54, 1.807) is 0 Å². The van der Waals surface area contributed by atoms with Crippen LogP contribution >= 0.6 is 24.4 Å². The normalized spacial score (nSPS) is 20.0. The number of carboxylic acid groups (broad SMARTS) is 1. The van der Waals surface area contributed by atoms with Gasteiger partial charge in [0.05, 0.1) is 0 Å². The van der Waals surface area contributed by atoms with Gasteiger partial charge in [0.25, 0.3) is 5.97 Å². The zero-order chi connectivity index (χ0) is 8.69. The Bertz CT molecular complexity index is 109. The first kappa shape index (κ1) is 11.2. The molecule has 1 saturated heterocycles. The Morgan fingerprint density at radius 2 is 2.27 bits per heavy atom. The number of hydrogen-bond donors (Lipinski definition) is 2. The summed E-state index contributed by atoms with van der Waals surface area (Å²) < 4.78 is 0. The minimum Gasteiger partial charge on any atom is -0.481 e. The van der Waals surface area contributed by atoms with Gasteiger partial charge >= 0.3 is 0 Å². The predicted octanol–water partition coefficient (Wildman–Crippen LogP) is 1.90. The maximum absolute atomic E-state index is 9.00. The van der Waals surface area contributed by atoms with Gasteiger partial charge < -0.3 is 5.11 Å². The maximum atomic E-state index is 9.00. The number of carbonyl (C=O) groups is 1. The zero-order valence-corrected chi connectivity index (χ0v) is 8.33. The molecule has 0 spiro atoms. The van der Waals surface area contributed by atoms with Crippen molar-refractivity contribution in [3.8, 4) is 0 Å². The van der Waals surface area contributed by atoms with Crippen molar-refractivity contribution >= 4 is 30.4 Å².